The molecule has 0 bridgehead atoms. The minimum Gasteiger partial charge on any atom is -0.353 e. The number of hydrogen-bond donors (Lipinski definition) is 2. The highest BCUT2D eigenvalue weighted by atomic mass is 19.4. The normalized spacial score (nSPS) is 16.8. The first kappa shape index (κ1) is 21.5. The monoisotopic (exact) mass is 443 g/mol. The Hall–Kier alpha value is -3.76. The number of aliphatic imine (C=N–C) groups is 1. The maximum atomic E-state index is 13.0. The number of rotatable bonds is 4. The van der Waals surface area contributed by atoms with Crippen molar-refractivity contribution in [3.8, 4) is 0 Å². The number of nitrogens with zero attached hydrogens (tertiary/aromatic N) is 5. The zero-order valence-corrected chi connectivity index (χ0v) is 17.1. The molecule has 8 nitrogen and oxygen atoms in total. The quantitative estimate of drug-likeness (QED) is 0.755. The van der Waals surface area contributed by atoms with E-state index in [-0.39, 0.29) is 24.2 Å². The van der Waals surface area contributed by atoms with E-state index in [1.165, 1.54) is 18.2 Å². The van der Waals surface area contributed by atoms with Crippen molar-refractivity contribution in [3.63, 3.8) is 0 Å². The van der Waals surface area contributed by atoms with Crippen molar-refractivity contribution in [1.82, 2.24) is 20.3 Å². The second kappa shape index (κ2) is 8.77. The molecule has 166 valence electrons. The molecular weight excluding hydrogens is 423 g/mol. The number of halogens is 3. The Morgan fingerprint density at radius 1 is 1.19 bits per heavy atom. The Kier molecular flexibility index (Phi) is 5.89. The third-order valence-electron chi connectivity index (χ3n) is 4.72. The summed E-state index contributed by atoms with van der Waals surface area (Å²) >= 11 is 0. The largest absolute Gasteiger partial charge is 0.416 e. The number of nitrogens with one attached hydrogen (secondary N) is 2. The lowest BCUT2D eigenvalue weighted by atomic mass is 10.1. The van der Waals surface area contributed by atoms with Gasteiger partial charge in [-0.1, -0.05) is 18.2 Å². The van der Waals surface area contributed by atoms with Crippen LogP contribution in [0.2, 0.25) is 0 Å². The van der Waals surface area contributed by atoms with Gasteiger partial charge in [0.1, 0.15) is 5.84 Å². The molecule has 1 aromatic carbocycles. The highest BCUT2D eigenvalue weighted by Gasteiger charge is 2.30. The lowest BCUT2D eigenvalue weighted by Gasteiger charge is -2.26. The molecule has 0 spiro atoms. The number of piperazine rings is 1. The fourth-order valence-corrected chi connectivity index (χ4v) is 3.18. The van der Waals surface area contributed by atoms with Gasteiger partial charge < -0.3 is 15.5 Å². The first-order chi connectivity index (χ1) is 15.3. The van der Waals surface area contributed by atoms with Crippen LogP contribution in [0.5, 0.6) is 0 Å². The van der Waals surface area contributed by atoms with Crippen LogP contribution in [-0.2, 0) is 11.0 Å². The molecule has 32 heavy (non-hydrogen) atoms. The minimum absolute atomic E-state index is 0.0974. The van der Waals surface area contributed by atoms with E-state index in [1.54, 1.807) is 11.0 Å². The molecule has 0 atom stereocenters. The Balaban J connectivity index is 1.64. The number of alkyl halides is 3. The summed E-state index contributed by atoms with van der Waals surface area (Å²) in [6.45, 7) is 3.60. The molecule has 2 N–H and O–H groups in total. The molecule has 1 saturated heterocycles. The number of hydrogen-bond acceptors (Lipinski definition) is 7. The van der Waals surface area contributed by atoms with Gasteiger partial charge in [0, 0.05) is 13.1 Å². The molecule has 2 aromatic rings. The zero-order chi connectivity index (χ0) is 22.7. The first-order valence-electron chi connectivity index (χ1n) is 9.88. The van der Waals surface area contributed by atoms with Gasteiger partial charge in [-0.05, 0) is 42.3 Å². The third-order valence-corrected chi connectivity index (χ3v) is 4.72. The van der Waals surface area contributed by atoms with Gasteiger partial charge in [-0.2, -0.15) is 28.1 Å². The van der Waals surface area contributed by atoms with Gasteiger partial charge in [-0.3, -0.25) is 9.79 Å². The van der Waals surface area contributed by atoms with E-state index in [0.29, 0.717) is 37.0 Å². The molecule has 0 saturated carbocycles. The fraction of sp³-hybridized carbons (Fsp3) is 0.286. The number of carbonyl (C=O) groups excluding carboxylic acids is 1. The van der Waals surface area contributed by atoms with Crippen molar-refractivity contribution >= 4 is 35.8 Å². The fourth-order valence-electron chi connectivity index (χ4n) is 3.18. The maximum absolute atomic E-state index is 13.0. The van der Waals surface area contributed by atoms with E-state index in [4.69, 9.17) is 0 Å². The van der Waals surface area contributed by atoms with E-state index in [1.807, 2.05) is 13.0 Å². The SMILES string of the molecule is CC1=CC(Nc2nc(/C=C/c3cccc(C(F)(F)F)c3)nc(N3CCNC(=O)C3)n2)=NC1. The zero-order valence-electron chi connectivity index (χ0n) is 17.1. The van der Waals surface area contributed by atoms with E-state index < -0.39 is 11.7 Å². The van der Waals surface area contributed by atoms with Crippen LogP contribution in [0, 0.1) is 0 Å². The predicted molar refractivity (Wildman–Crippen MR) is 115 cm³/mol. The summed E-state index contributed by atoms with van der Waals surface area (Å²) in [5.41, 5.74) is 0.700. The summed E-state index contributed by atoms with van der Waals surface area (Å²) in [6, 6.07) is 4.96. The molecule has 2 aliphatic rings. The highest BCUT2D eigenvalue weighted by Crippen LogP contribution is 2.29. The summed E-state index contributed by atoms with van der Waals surface area (Å²) in [5.74, 6) is 1.21. The third kappa shape index (κ3) is 5.29. The molecule has 1 aromatic heterocycles. The summed E-state index contributed by atoms with van der Waals surface area (Å²) in [6.07, 6.45) is 0.450. The molecule has 3 heterocycles. The number of anilines is 2. The predicted octanol–water partition coefficient (Wildman–Crippen LogP) is 2.77. The molecule has 1 amide bonds. The summed E-state index contributed by atoms with van der Waals surface area (Å²) in [5, 5.41) is 5.77. The van der Waals surface area contributed by atoms with Crippen LogP contribution >= 0.6 is 0 Å². The standard InChI is InChI=1S/C21H20F3N7O/c1-13-9-17(26-11-13)28-19-27-16(29-20(30-19)31-8-7-25-18(32)12-31)6-5-14-3-2-4-15(10-14)21(22,23)24/h2-6,9-10H,7-8,11-12H2,1H3,(H,25,32)(H,26,27,28,29,30)/b6-5+. The topological polar surface area (TPSA) is 95.4 Å². The average molecular weight is 443 g/mol. The van der Waals surface area contributed by atoms with Gasteiger partial charge in [0.15, 0.2) is 5.82 Å². The number of benzene rings is 1. The summed E-state index contributed by atoms with van der Waals surface area (Å²) in [7, 11) is 0. The van der Waals surface area contributed by atoms with Gasteiger partial charge in [-0.15, -0.1) is 0 Å². The molecule has 0 aliphatic carbocycles. The van der Waals surface area contributed by atoms with Crippen LogP contribution < -0.4 is 15.5 Å². The Bertz CT molecular complexity index is 1120. The Morgan fingerprint density at radius 3 is 2.75 bits per heavy atom. The van der Waals surface area contributed by atoms with Crippen molar-refractivity contribution in [2.75, 3.05) is 36.4 Å². The summed E-state index contributed by atoms with van der Waals surface area (Å²) < 4.78 is 38.9. The first-order valence-corrected chi connectivity index (χ1v) is 9.88. The van der Waals surface area contributed by atoms with Gasteiger partial charge in [0.2, 0.25) is 17.8 Å². The van der Waals surface area contributed by atoms with Crippen LogP contribution in [-0.4, -0.2) is 52.9 Å². The molecular formula is C21H20F3N7O. The molecule has 11 heteroatoms. The van der Waals surface area contributed by atoms with Gasteiger partial charge in [-0.25, -0.2) is 0 Å². The van der Waals surface area contributed by atoms with E-state index >= 15 is 0 Å². The number of amides is 1. The van der Waals surface area contributed by atoms with E-state index in [9.17, 15) is 18.0 Å². The van der Waals surface area contributed by atoms with Crippen molar-refractivity contribution in [3.05, 3.63) is 52.9 Å². The van der Waals surface area contributed by atoms with Gasteiger partial charge in [0.05, 0.1) is 18.7 Å². The minimum atomic E-state index is -4.43. The molecule has 1 fully saturated rings. The van der Waals surface area contributed by atoms with Crippen LogP contribution in [0.1, 0.15) is 23.9 Å². The van der Waals surface area contributed by atoms with Gasteiger partial charge >= 0.3 is 6.18 Å². The average Bonchev–Trinajstić information content (AvgIpc) is 3.16. The second-order valence-corrected chi connectivity index (χ2v) is 7.36. The lowest BCUT2D eigenvalue weighted by molar-refractivity contribution is -0.137. The molecule has 2 aliphatic heterocycles. The van der Waals surface area contributed by atoms with Crippen molar-refractivity contribution in [2.45, 2.75) is 13.1 Å². The van der Waals surface area contributed by atoms with Crippen LogP contribution in [0.15, 0.2) is 40.9 Å². The van der Waals surface area contributed by atoms with Crippen LogP contribution in [0.4, 0.5) is 25.1 Å². The summed E-state index contributed by atoms with van der Waals surface area (Å²) in [4.78, 5) is 31.0. The number of amidine groups is 1. The van der Waals surface area contributed by atoms with Crippen molar-refractivity contribution in [2.24, 2.45) is 4.99 Å². The van der Waals surface area contributed by atoms with Gasteiger partial charge in [0.25, 0.3) is 0 Å². The Labute approximate surface area is 182 Å². The maximum Gasteiger partial charge on any atom is 0.416 e. The Morgan fingerprint density at radius 2 is 2.03 bits per heavy atom. The highest BCUT2D eigenvalue weighted by molar-refractivity contribution is 6.04. The van der Waals surface area contributed by atoms with E-state index in [0.717, 1.165) is 17.7 Å². The lowest BCUT2D eigenvalue weighted by Crippen LogP contribution is -2.48. The second-order valence-electron chi connectivity index (χ2n) is 7.36. The molecule has 0 unspecified atom stereocenters. The number of aromatic nitrogens is 3. The van der Waals surface area contributed by atoms with Crippen molar-refractivity contribution < 1.29 is 18.0 Å². The molecule has 0 radical (unpaired) electrons. The van der Waals surface area contributed by atoms with E-state index in [2.05, 4.69) is 30.6 Å². The smallest absolute Gasteiger partial charge is 0.353 e. The molecule has 4 rings (SSSR count). The number of carbonyl (C=O) groups is 1. The van der Waals surface area contributed by atoms with Crippen LogP contribution in [0.25, 0.3) is 12.2 Å². The van der Waals surface area contributed by atoms with Crippen molar-refractivity contribution in [1.29, 1.82) is 0 Å². The van der Waals surface area contributed by atoms with Crippen LogP contribution in [0.3, 0.4) is 0 Å².